The number of hydrogen-bond donors (Lipinski definition) is 2. The predicted molar refractivity (Wildman–Crippen MR) is 153 cm³/mol. The minimum Gasteiger partial charge on any atom is -0.367 e. The minimum absolute atomic E-state index is 0.181. The number of anilines is 1. The predicted octanol–water partition coefficient (Wildman–Crippen LogP) is 5.96. The summed E-state index contributed by atoms with van der Waals surface area (Å²) in [5, 5.41) is 2.92. The third-order valence-electron chi connectivity index (χ3n) is 7.40. The molecule has 2 amide bonds. The topological polar surface area (TPSA) is 75.4 Å². The van der Waals surface area contributed by atoms with E-state index in [1.54, 1.807) is 49.4 Å². The number of nitrogens with two attached hydrogens (primary N) is 1. The van der Waals surface area contributed by atoms with Crippen LogP contribution in [0.1, 0.15) is 49.4 Å². The number of halogens is 2. The van der Waals surface area contributed by atoms with Crippen LogP contribution in [-0.4, -0.2) is 24.9 Å². The first-order chi connectivity index (χ1) is 19.3. The van der Waals surface area contributed by atoms with E-state index in [4.69, 9.17) is 5.73 Å². The second-order valence-electron chi connectivity index (χ2n) is 10.2. The SMILES string of the molecule is Cc1ccc(CCNC(=O)c2ccc3c(c2)CCCN3Cc2cc(-c3ccccc3C(N)=O)ccc2F)cc1F. The highest BCUT2D eigenvalue weighted by molar-refractivity contribution is 5.99. The summed E-state index contributed by atoms with van der Waals surface area (Å²) in [6.45, 7) is 3.23. The number of amides is 2. The van der Waals surface area contributed by atoms with Crippen molar-refractivity contribution in [1.29, 1.82) is 0 Å². The van der Waals surface area contributed by atoms with Gasteiger partial charge in [-0.3, -0.25) is 9.59 Å². The largest absolute Gasteiger partial charge is 0.367 e. The fourth-order valence-corrected chi connectivity index (χ4v) is 5.21. The number of primary amides is 1. The molecule has 0 aromatic heterocycles. The summed E-state index contributed by atoms with van der Waals surface area (Å²) in [6.07, 6.45) is 2.24. The van der Waals surface area contributed by atoms with Crippen LogP contribution in [0.15, 0.2) is 78.9 Å². The van der Waals surface area contributed by atoms with Gasteiger partial charge in [0.25, 0.3) is 5.91 Å². The van der Waals surface area contributed by atoms with Crippen LogP contribution in [0.25, 0.3) is 11.1 Å². The zero-order valence-electron chi connectivity index (χ0n) is 22.3. The fourth-order valence-electron chi connectivity index (χ4n) is 5.21. The van der Waals surface area contributed by atoms with Crippen LogP contribution in [0.5, 0.6) is 0 Å². The maximum Gasteiger partial charge on any atom is 0.251 e. The molecule has 204 valence electrons. The highest BCUT2D eigenvalue weighted by atomic mass is 19.1. The lowest BCUT2D eigenvalue weighted by atomic mass is 9.96. The summed E-state index contributed by atoms with van der Waals surface area (Å²) < 4.78 is 28.7. The number of hydrogen-bond acceptors (Lipinski definition) is 3. The van der Waals surface area contributed by atoms with Crippen molar-refractivity contribution in [3.05, 3.63) is 124 Å². The van der Waals surface area contributed by atoms with Crippen LogP contribution in [0, 0.1) is 18.6 Å². The molecule has 0 aliphatic carbocycles. The zero-order chi connectivity index (χ0) is 28.2. The summed E-state index contributed by atoms with van der Waals surface area (Å²) in [7, 11) is 0. The summed E-state index contributed by atoms with van der Waals surface area (Å²) in [5.41, 5.74) is 11.8. The molecule has 4 aromatic rings. The second-order valence-corrected chi connectivity index (χ2v) is 10.2. The number of benzene rings is 4. The summed E-state index contributed by atoms with van der Waals surface area (Å²) >= 11 is 0. The Labute approximate surface area is 232 Å². The number of fused-ring (bicyclic) bond motifs is 1. The number of nitrogens with zero attached hydrogens (tertiary/aromatic N) is 1. The molecule has 0 spiro atoms. The van der Waals surface area contributed by atoms with Crippen molar-refractivity contribution >= 4 is 17.5 Å². The number of carbonyl (C=O) groups excluding carboxylic acids is 2. The molecule has 1 aliphatic rings. The van der Waals surface area contributed by atoms with Gasteiger partial charge >= 0.3 is 0 Å². The lowest BCUT2D eigenvalue weighted by molar-refractivity contribution is 0.0952. The van der Waals surface area contributed by atoms with Crippen LogP contribution in [0.2, 0.25) is 0 Å². The summed E-state index contributed by atoms with van der Waals surface area (Å²) in [6, 6.07) is 22.6. The molecule has 0 radical (unpaired) electrons. The molecule has 3 N–H and O–H groups in total. The normalized spacial score (nSPS) is 12.6. The molecule has 4 aromatic carbocycles. The number of aryl methyl sites for hydroxylation is 2. The van der Waals surface area contributed by atoms with E-state index < -0.39 is 5.91 Å². The van der Waals surface area contributed by atoms with Gasteiger partial charge in [-0.05, 0) is 96.5 Å². The highest BCUT2D eigenvalue weighted by Crippen LogP contribution is 2.31. The molecule has 7 heteroatoms. The summed E-state index contributed by atoms with van der Waals surface area (Å²) in [5.74, 6) is -1.28. The molecule has 1 aliphatic heterocycles. The van der Waals surface area contributed by atoms with E-state index in [1.807, 2.05) is 24.3 Å². The fraction of sp³-hybridized carbons (Fsp3) is 0.212. The Hall–Kier alpha value is -4.52. The van der Waals surface area contributed by atoms with Gasteiger partial charge in [-0.25, -0.2) is 8.78 Å². The smallest absolute Gasteiger partial charge is 0.251 e. The average molecular weight is 540 g/mol. The first-order valence-corrected chi connectivity index (χ1v) is 13.4. The monoisotopic (exact) mass is 539 g/mol. The Morgan fingerprint density at radius 3 is 2.58 bits per heavy atom. The molecule has 0 atom stereocenters. The van der Waals surface area contributed by atoms with Gasteiger partial charge in [0.15, 0.2) is 0 Å². The van der Waals surface area contributed by atoms with Gasteiger partial charge in [0.2, 0.25) is 5.91 Å². The average Bonchev–Trinajstić information content (AvgIpc) is 2.96. The van der Waals surface area contributed by atoms with E-state index in [9.17, 15) is 18.4 Å². The van der Waals surface area contributed by atoms with E-state index in [-0.39, 0.29) is 17.5 Å². The van der Waals surface area contributed by atoms with E-state index >= 15 is 0 Å². The Morgan fingerprint density at radius 1 is 0.950 bits per heavy atom. The molecular weight excluding hydrogens is 508 g/mol. The van der Waals surface area contributed by atoms with Gasteiger partial charge in [0.1, 0.15) is 11.6 Å². The van der Waals surface area contributed by atoms with E-state index in [0.717, 1.165) is 41.8 Å². The van der Waals surface area contributed by atoms with Gasteiger partial charge in [0, 0.05) is 42.0 Å². The van der Waals surface area contributed by atoms with Gasteiger partial charge in [-0.15, -0.1) is 0 Å². The molecule has 0 unspecified atom stereocenters. The van der Waals surface area contributed by atoms with Crippen molar-refractivity contribution in [2.75, 3.05) is 18.0 Å². The quantitative estimate of drug-likeness (QED) is 0.290. The molecule has 0 saturated carbocycles. The Bertz CT molecular complexity index is 1580. The number of carbonyl (C=O) groups is 2. The molecule has 5 rings (SSSR count). The van der Waals surface area contributed by atoms with Crippen LogP contribution in [0.3, 0.4) is 0 Å². The molecule has 40 heavy (non-hydrogen) atoms. The molecule has 0 saturated heterocycles. The minimum atomic E-state index is -0.532. The van der Waals surface area contributed by atoms with Gasteiger partial charge < -0.3 is 16.0 Å². The van der Waals surface area contributed by atoms with Crippen LogP contribution >= 0.6 is 0 Å². The van der Waals surface area contributed by atoms with Gasteiger partial charge in [-0.2, -0.15) is 0 Å². The summed E-state index contributed by atoms with van der Waals surface area (Å²) in [4.78, 5) is 26.9. The van der Waals surface area contributed by atoms with Gasteiger partial charge in [-0.1, -0.05) is 36.4 Å². The van der Waals surface area contributed by atoms with Crippen molar-refractivity contribution < 1.29 is 18.4 Å². The Balaban J connectivity index is 1.30. The van der Waals surface area contributed by atoms with Crippen LogP contribution in [-0.2, 0) is 19.4 Å². The molecular formula is C33H31F2N3O2. The third-order valence-corrected chi connectivity index (χ3v) is 7.40. The first-order valence-electron chi connectivity index (χ1n) is 13.4. The van der Waals surface area contributed by atoms with E-state index in [1.165, 1.54) is 12.1 Å². The van der Waals surface area contributed by atoms with Crippen molar-refractivity contribution in [3.8, 4) is 11.1 Å². The van der Waals surface area contributed by atoms with E-state index in [2.05, 4.69) is 10.2 Å². The molecule has 5 nitrogen and oxygen atoms in total. The van der Waals surface area contributed by atoms with Crippen molar-refractivity contribution in [2.45, 2.75) is 32.7 Å². The van der Waals surface area contributed by atoms with E-state index in [0.29, 0.717) is 47.3 Å². The number of nitrogens with one attached hydrogen (secondary N) is 1. The molecule has 0 fully saturated rings. The lowest BCUT2D eigenvalue weighted by Crippen LogP contribution is -2.30. The van der Waals surface area contributed by atoms with Crippen LogP contribution < -0.4 is 16.0 Å². The number of rotatable bonds is 8. The highest BCUT2D eigenvalue weighted by Gasteiger charge is 2.21. The first kappa shape index (κ1) is 27.1. The third kappa shape index (κ3) is 5.88. The van der Waals surface area contributed by atoms with Gasteiger partial charge in [0.05, 0.1) is 0 Å². The Kier molecular flexibility index (Phi) is 7.91. The molecule has 0 bridgehead atoms. The maximum atomic E-state index is 14.9. The zero-order valence-corrected chi connectivity index (χ0v) is 22.3. The van der Waals surface area contributed by atoms with Crippen molar-refractivity contribution in [3.63, 3.8) is 0 Å². The van der Waals surface area contributed by atoms with Crippen molar-refractivity contribution in [2.24, 2.45) is 5.73 Å². The standard InChI is InChI=1S/C33H31F2N3O2/c1-21-8-9-22(17-30(21)35)14-15-37-33(40)25-11-13-31-24(19-25)5-4-16-38(31)20-26-18-23(10-12-29(26)34)27-6-2-3-7-28(27)32(36)39/h2-3,6-13,17-19H,4-5,14-16,20H2,1H3,(H2,36,39)(H,37,40). The molecule has 1 heterocycles. The Morgan fingerprint density at radius 2 is 1.77 bits per heavy atom. The lowest BCUT2D eigenvalue weighted by Gasteiger charge is -2.32. The maximum absolute atomic E-state index is 14.9. The van der Waals surface area contributed by atoms with Crippen molar-refractivity contribution in [1.82, 2.24) is 5.32 Å². The van der Waals surface area contributed by atoms with Crippen LogP contribution in [0.4, 0.5) is 14.5 Å². The second kappa shape index (κ2) is 11.7.